The molecular weight excluding hydrogens is 855 g/mol. The summed E-state index contributed by atoms with van der Waals surface area (Å²) in [5, 5.41) is 19.7. The van der Waals surface area contributed by atoms with Crippen LogP contribution in [0.5, 0.6) is 0 Å². The summed E-state index contributed by atoms with van der Waals surface area (Å²) in [4.78, 5) is 77.2. The van der Waals surface area contributed by atoms with E-state index < -0.39 is 53.8 Å². The van der Waals surface area contributed by atoms with Crippen molar-refractivity contribution in [2.75, 3.05) is 42.9 Å². The van der Waals surface area contributed by atoms with E-state index >= 15 is 0 Å². The number of β-amino-alcohol motifs (C(OH)–C–C–N with tert-alkyl or cyclic N) is 1. The molecule has 18 heteroatoms. The fourth-order valence-corrected chi connectivity index (χ4v) is 9.52. The van der Waals surface area contributed by atoms with E-state index in [1.165, 1.54) is 11.1 Å². The second kappa shape index (κ2) is 19.6. The van der Waals surface area contributed by atoms with Crippen molar-refractivity contribution in [3.63, 3.8) is 0 Å². The van der Waals surface area contributed by atoms with Crippen molar-refractivity contribution in [2.45, 2.75) is 109 Å². The van der Waals surface area contributed by atoms with Crippen LogP contribution in [0.25, 0.3) is 15.3 Å². The van der Waals surface area contributed by atoms with Gasteiger partial charge in [-0.3, -0.25) is 19.2 Å². The van der Waals surface area contributed by atoms with Crippen molar-refractivity contribution in [1.29, 1.82) is 0 Å². The van der Waals surface area contributed by atoms with Crippen LogP contribution in [0.1, 0.15) is 95.0 Å². The molecule has 1 aromatic carbocycles. The first-order valence-corrected chi connectivity index (χ1v) is 22.9. The van der Waals surface area contributed by atoms with Crippen molar-refractivity contribution in [3.05, 3.63) is 88.5 Å². The third-order valence-electron chi connectivity index (χ3n) is 12.4. The third-order valence-corrected chi connectivity index (χ3v) is 13.4. The second-order valence-electron chi connectivity index (χ2n) is 18.3. The first-order chi connectivity index (χ1) is 30.9. The number of nitrogens with zero attached hydrogens (tertiary/aromatic N) is 7. The van der Waals surface area contributed by atoms with Crippen LogP contribution in [0.15, 0.2) is 60.2 Å². The molecule has 3 fully saturated rings. The standard InChI is InChI=1S/C47H56F2N10O5S/c1-28(30-7-9-32(10-8-30)42-29(2)52-27-65-42)53-44(63)36-24-35(60)25-59(36)45(64)43(46(3,4)5)56-40(61)11-12-41(62)57-18-14-31(15-19-57)33-21-38(54-37-23-34(50-6)13-17-51-37)55-39(22-33)58-20-16-47(48,49)26-58/h7-10,13,17,21-23,27-28,31,35-36,43,60H,11-12,14-16,18-20,24-26H2,1-5H3,(H,53,63)(H,56,61)(H,51,54,55)/t28-,35+,36-,43+/m0/s1. The zero-order chi connectivity index (χ0) is 46.6. The van der Waals surface area contributed by atoms with Crippen LogP contribution >= 0.6 is 11.3 Å². The number of nitrogens with one attached hydrogen (secondary N) is 3. The highest BCUT2D eigenvalue weighted by Crippen LogP contribution is 2.36. The topological polar surface area (TPSA) is 177 Å². The quantitative estimate of drug-likeness (QED) is 0.103. The minimum absolute atomic E-state index is 0.00230. The molecule has 3 saturated heterocycles. The zero-order valence-corrected chi connectivity index (χ0v) is 38.1. The molecule has 6 heterocycles. The van der Waals surface area contributed by atoms with Gasteiger partial charge in [0.1, 0.15) is 29.5 Å². The molecule has 7 rings (SSSR count). The van der Waals surface area contributed by atoms with Gasteiger partial charge in [-0.25, -0.2) is 28.6 Å². The lowest BCUT2D eigenvalue weighted by Crippen LogP contribution is -2.57. The number of piperidine rings is 1. The summed E-state index contributed by atoms with van der Waals surface area (Å²) >= 11 is 1.56. The Morgan fingerprint density at radius 1 is 1.00 bits per heavy atom. The fourth-order valence-electron chi connectivity index (χ4n) is 8.71. The first kappa shape index (κ1) is 46.9. The number of likely N-dealkylation sites (tertiary alicyclic amines) is 2. The van der Waals surface area contributed by atoms with E-state index in [1.54, 1.807) is 38.8 Å². The number of hydrogen-bond donors (Lipinski definition) is 4. The number of aliphatic hydroxyl groups excluding tert-OH is 1. The summed E-state index contributed by atoms with van der Waals surface area (Å²) in [5.74, 6) is -3.19. The summed E-state index contributed by atoms with van der Waals surface area (Å²) in [6.45, 7) is 17.1. The van der Waals surface area contributed by atoms with Gasteiger partial charge in [0.2, 0.25) is 23.6 Å². The molecule has 3 aliphatic rings. The maximum atomic E-state index is 14.3. The van der Waals surface area contributed by atoms with Crippen LogP contribution in [-0.2, 0) is 19.2 Å². The lowest BCUT2D eigenvalue weighted by Gasteiger charge is -2.35. The minimum Gasteiger partial charge on any atom is -0.391 e. The number of pyridine rings is 2. The summed E-state index contributed by atoms with van der Waals surface area (Å²) in [5.41, 5.74) is 5.15. The monoisotopic (exact) mass is 910 g/mol. The Morgan fingerprint density at radius 3 is 2.38 bits per heavy atom. The largest absolute Gasteiger partial charge is 0.391 e. The van der Waals surface area contributed by atoms with Gasteiger partial charge >= 0.3 is 0 Å². The fraction of sp³-hybridized carbons (Fsp3) is 0.489. The van der Waals surface area contributed by atoms with Gasteiger partial charge in [-0.2, -0.15) is 0 Å². The van der Waals surface area contributed by atoms with Gasteiger partial charge in [-0.15, -0.1) is 11.3 Å². The molecule has 4 amide bonds. The number of thiazole rings is 1. The van der Waals surface area contributed by atoms with E-state index in [1.807, 2.05) is 71.0 Å². The minimum atomic E-state index is -2.82. The number of aryl methyl sites for hydroxylation is 1. The van der Waals surface area contributed by atoms with Gasteiger partial charge in [0, 0.05) is 58.1 Å². The molecule has 3 aliphatic heterocycles. The summed E-state index contributed by atoms with van der Waals surface area (Å²) in [7, 11) is 0. The average molecular weight is 911 g/mol. The molecule has 344 valence electrons. The van der Waals surface area contributed by atoms with Crippen molar-refractivity contribution in [1.82, 2.24) is 35.4 Å². The van der Waals surface area contributed by atoms with E-state index in [2.05, 4.69) is 35.7 Å². The van der Waals surface area contributed by atoms with Crippen molar-refractivity contribution < 1.29 is 33.1 Å². The highest BCUT2D eigenvalue weighted by molar-refractivity contribution is 7.13. The number of amides is 4. The molecule has 65 heavy (non-hydrogen) atoms. The van der Waals surface area contributed by atoms with Gasteiger partial charge in [0.05, 0.1) is 41.3 Å². The summed E-state index contributed by atoms with van der Waals surface area (Å²) in [6, 6.07) is 12.3. The lowest BCUT2D eigenvalue weighted by molar-refractivity contribution is -0.144. The number of alkyl halides is 2. The Morgan fingerprint density at radius 2 is 1.74 bits per heavy atom. The molecule has 0 spiro atoms. The highest BCUT2D eigenvalue weighted by atomic mass is 32.1. The maximum absolute atomic E-state index is 14.3. The Kier molecular flexibility index (Phi) is 14.1. The Labute approximate surface area is 381 Å². The zero-order valence-electron chi connectivity index (χ0n) is 37.3. The van der Waals surface area contributed by atoms with Crippen LogP contribution < -0.4 is 20.9 Å². The van der Waals surface area contributed by atoms with Gasteiger partial charge in [-0.05, 0) is 79.0 Å². The molecule has 0 unspecified atom stereocenters. The predicted molar refractivity (Wildman–Crippen MR) is 244 cm³/mol. The lowest BCUT2D eigenvalue weighted by atomic mass is 9.85. The summed E-state index contributed by atoms with van der Waals surface area (Å²) < 4.78 is 28.5. The van der Waals surface area contributed by atoms with Gasteiger partial charge in [0.15, 0.2) is 5.69 Å². The van der Waals surface area contributed by atoms with E-state index in [9.17, 15) is 33.1 Å². The van der Waals surface area contributed by atoms with Gasteiger partial charge < -0.3 is 35.8 Å². The molecule has 0 bridgehead atoms. The number of anilines is 3. The van der Waals surface area contributed by atoms with Crippen molar-refractivity contribution >= 4 is 58.1 Å². The maximum Gasteiger partial charge on any atom is 0.266 e. The normalized spacial score (nSPS) is 19.6. The van der Waals surface area contributed by atoms with Crippen LogP contribution in [0.4, 0.5) is 31.9 Å². The van der Waals surface area contributed by atoms with E-state index in [4.69, 9.17) is 6.57 Å². The molecule has 15 nitrogen and oxygen atoms in total. The number of hydrogen-bond acceptors (Lipinski definition) is 11. The van der Waals surface area contributed by atoms with Crippen LogP contribution in [0, 0.1) is 18.9 Å². The molecule has 0 aliphatic carbocycles. The van der Waals surface area contributed by atoms with E-state index in [0.29, 0.717) is 49.1 Å². The third kappa shape index (κ3) is 11.4. The molecular formula is C47H56F2N10O5S. The smallest absolute Gasteiger partial charge is 0.266 e. The van der Waals surface area contributed by atoms with E-state index in [-0.39, 0.29) is 56.6 Å². The Bertz CT molecular complexity index is 2430. The van der Waals surface area contributed by atoms with E-state index in [0.717, 1.165) is 27.3 Å². The molecule has 4 aromatic rings. The second-order valence-corrected chi connectivity index (χ2v) is 19.2. The van der Waals surface area contributed by atoms with Crippen LogP contribution in [0.2, 0.25) is 0 Å². The molecule has 4 atom stereocenters. The highest BCUT2D eigenvalue weighted by Gasteiger charge is 2.45. The number of carbonyl (C=O) groups is 4. The Hall–Kier alpha value is -6.06. The number of halogens is 2. The first-order valence-electron chi connectivity index (χ1n) is 22.0. The van der Waals surface area contributed by atoms with Crippen LogP contribution in [-0.4, -0.2) is 110 Å². The van der Waals surface area contributed by atoms with Crippen molar-refractivity contribution in [3.8, 4) is 10.4 Å². The van der Waals surface area contributed by atoms with Gasteiger partial charge in [-0.1, -0.05) is 45.0 Å². The molecule has 0 saturated carbocycles. The molecule has 0 radical (unpaired) electrons. The van der Waals surface area contributed by atoms with Gasteiger partial charge in [0.25, 0.3) is 5.92 Å². The Balaban J connectivity index is 0.934. The van der Waals surface area contributed by atoms with Crippen LogP contribution in [0.3, 0.4) is 0 Å². The molecule has 3 aromatic heterocycles. The predicted octanol–water partition coefficient (Wildman–Crippen LogP) is 6.90. The summed E-state index contributed by atoms with van der Waals surface area (Å²) in [6.07, 6.45) is 1.32. The number of aliphatic hydroxyl groups is 1. The number of rotatable bonds is 13. The number of carbonyl (C=O) groups excluding carboxylic acids is 4. The number of benzene rings is 1. The SMILES string of the molecule is [C-]#[N+]c1ccnc(Nc2cc(C3CCN(C(=O)CCC(=O)N[C@H](C(=O)N4C[C@H](O)C[C@H]4C(=O)N[C@@H](C)c4ccc(-c5scnc5C)cc4)C(C)(C)C)CC3)cc(N3CCC(F)(F)C3)n2)c1. The average Bonchev–Trinajstić information content (AvgIpc) is 4.01. The number of aromatic nitrogens is 3. The van der Waals surface area contributed by atoms with Crippen molar-refractivity contribution in [2.24, 2.45) is 5.41 Å². The molecule has 4 N–H and O–H groups in total.